The maximum absolute atomic E-state index is 12.9. The summed E-state index contributed by atoms with van der Waals surface area (Å²) in [5.74, 6) is -1.65. The number of carbonyl (C=O) groups excluding carboxylic acids is 1. The number of aliphatic carboxylic acids is 1. The van der Waals surface area contributed by atoms with Crippen molar-refractivity contribution in [2.24, 2.45) is 5.92 Å². The lowest BCUT2D eigenvalue weighted by Gasteiger charge is -2.30. The number of nitrogens with one attached hydrogen (secondary N) is 1. The maximum Gasteiger partial charge on any atom is 0.307 e. The summed E-state index contributed by atoms with van der Waals surface area (Å²) in [6, 6.07) is 5.79. The first-order valence-corrected chi connectivity index (χ1v) is 7.45. The number of carboxylic acids is 1. The number of hydrogen-bond acceptors (Lipinski definition) is 3. The molecule has 2 N–H and O–H groups in total. The highest BCUT2D eigenvalue weighted by molar-refractivity contribution is 5.78. The molecule has 0 saturated carbocycles. The van der Waals surface area contributed by atoms with E-state index in [2.05, 4.69) is 5.32 Å². The van der Waals surface area contributed by atoms with Crippen molar-refractivity contribution in [2.75, 3.05) is 19.6 Å². The van der Waals surface area contributed by atoms with Crippen molar-refractivity contribution in [1.29, 1.82) is 0 Å². The highest BCUT2D eigenvalue weighted by Crippen LogP contribution is 2.17. The molecule has 1 heterocycles. The van der Waals surface area contributed by atoms with Gasteiger partial charge in [-0.3, -0.25) is 14.5 Å². The van der Waals surface area contributed by atoms with E-state index < -0.39 is 11.9 Å². The van der Waals surface area contributed by atoms with Crippen molar-refractivity contribution in [2.45, 2.75) is 25.8 Å². The van der Waals surface area contributed by atoms with E-state index in [1.54, 1.807) is 12.1 Å². The van der Waals surface area contributed by atoms with Crippen LogP contribution in [0.1, 0.15) is 31.4 Å². The zero-order chi connectivity index (χ0) is 16.1. The third-order valence-corrected chi connectivity index (χ3v) is 3.97. The third-order valence-electron chi connectivity index (χ3n) is 3.97. The fourth-order valence-corrected chi connectivity index (χ4v) is 2.73. The number of halogens is 1. The zero-order valence-electron chi connectivity index (χ0n) is 12.6. The number of carbonyl (C=O) groups is 2. The van der Waals surface area contributed by atoms with Gasteiger partial charge in [0.05, 0.1) is 18.5 Å². The minimum Gasteiger partial charge on any atom is -0.481 e. The second-order valence-corrected chi connectivity index (χ2v) is 5.75. The predicted molar refractivity (Wildman–Crippen MR) is 79.8 cm³/mol. The van der Waals surface area contributed by atoms with E-state index in [4.69, 9.17) is 5.11 Å². The largest absolute Gasteiger partial charge is 0.481 e. The van der Waals surface area contributed by atoms with E-state index >= 15 is 0 Å². The van der Waals surface area contributed by atoms with Crippen LogP contribution in [0, 0.1) is 11.7 Å². The Kier molecular flexibility index (Phi) is 5.49. The van der Waals surface area contributed by atoms with E-state index in [0.29, 0.717) is 13.0 Å². The van der Waals surface area contributed by atoms with Gasteiger partial charge in [0, 0.05) is 6.54 Å². The smallest absolute Gasteiger partial charge is 0.307 e. The maximum atomic E-state index is 12.9. The Bertz CT molecular complexity index is 533. The van der Waals surface area contributed by atoms with Crippen molar-refractivity contribution >= 4 is 11.9 Å². The summed E-state index contributed by atoms with van der Waals surface area (Å²) in [5.41, 5.74) is 0.830. The summed E-state index contributed by atoms with van der Waals surface area (Å²) in [7, 11) is 0. The molecule has 1 aromatic rings. The Labute approximate surface area is 129 Å². The summed E-state index contributed by atoms with van der Waals surface area (Å²) in [6.45, 7) is 3.17. The van der Waals surface area contributed by atoms with Gasteiger partial charge in [-0.1, -0.05) is 12.1 Å². The van der Waals surface area contributed by atoms with Gasteiger partial charge in [-0.05, 0) is 44.0 Å². The van der Waals surface area contributed by atoms with Crippen LogP contribution in [0.2, 0.25) is 0 Å². The van der Waals surface area contributed by atoms with E-state index in [1.165, 1.54) is 12.1 Å². The molecule has 2 unspecified atom stereocenters. The Morgan fingerprint density at radius 3 is 2.73 bits per heavy atom. The topological polar surface area (TPSA) is 69.6 Å². The first kappa shape index (κ1) is 16.4. The first-order chi connectivity index (χ1) is 10.5. The fraction of sp³-hybridized carbons (Fsp3) is 0.500. The van der Waals surface area contributed by atoms with E-state index in [1.807, 2.05) is 11.8 Å². The van der Waals surface area contributed by atoms with Crippen molar-refractivity contribution in [3.05, 3.63) is 35.6 Å². The number of hydrogen-bond donors (Lipinski definition) is 2. The molecule has 1 aliphatic rings. The molecule has 0 spiro atoms. The van der Waals surface area contributed by atoms with Crippen molar-refractivity contribution in [3.63, 3.8) is 0 Å². The summed E-state index contributed by atoms with van der Waals surface area (Å²) >= 11 is 0. The summed E-state index contributed by atoms with van der Waals surface area (Å²) in [6.07, 6.45) is 1.46. The van der Waals surface area contributed by atoms with Gasteiger partial charge in [0.1, 0.15) is 5.82 Å². The fourth-order valence-electron chi connectivity index (χ4n) is 2.73. The Hall–Kier alpha value is -1.95. The standard InChI is InChI=1S/C16H21FN2O3/c1-11(12-4-6-14(17)7-5-12)18-15(20)10-19-8-2-3-13(9-19)16(21)22/h4-7,11,13H,2-3,8-10H2,1H3,(H,18,20)(H,21,22). The summed E-state index contributed by atoms with van der Waals surface area (Å²) < 4.78 is 12.9. The van der Waals surface area contributed by atoms with E-state index in [-0.39, 0.29) is 24.3 Å². The van der Waals surface area contributed by atoms with Crippen LogP contribution in [-0.4, -0.2) is 41.5 Å². The lowest BCUT2D eigenvalue weighted by molar-refractivity contribution is -0.144. The molecule has 0 aliphatic carbocycles. The second kappa shape index (κ2) is 7.35. The number of benzene rings is 1. The number of likely N-dealkylation sites (tertiary alicyclic amines) is 1. The molecule has 1 aliphatic heterocycles. The van der Waals surface area contributed by atoms with Crippen LogP contribution in [0.3, 0.4) is 0 Å². The SMILES string of the molecule is CC(NC(=O)CN1CCCC(C(=O)O)C1)c1ccc(F)cc1. The molecule has 6 heteroatoms. The average molecular weight is 308 g/mol. The number of carboxylic acid groups (broad SMARTS) is 1. The highest BCUT2D eigenvalue weighted by Gasteiger charge is 2.26. The molecular weight excluding hydrogens is 287 g/mol. The Morgan fingerprint density at radius 2 is 2.09 bits per heavy atom. The quantitative estimate of drug-likeness (QED) is 0.870. The summed E-state index contributed by atoms with van der Waals surface area (Å²) in [5, 5.41) is 11.9. The lowest BCUT2D eigenvalue weighted by Crippen LogP contribution is -2.44. The molecule has 0 aromatic heterocycles. The van der Waals surface area contributed by atoms with Crippen LogP contribution in [0.15, 0.2) is 24.3 Å². The minimum atomic E-state index is -0.801. The lowest BCUT2D eigenvalue weighted by atomic mass is 9.98. The van der Waals surface area contributed by atoms with Crippen LogP contribution >= 0.6 is 0 Å². The molecule has 2 rings (SSSR count). The number of piperidine rings is 1. The van der Waals surface area contributed by atoms with E-state index in [0.717, 1.165) is 18.5 Å². The van der Waals surface area contributed by atoms with Crippen molar-refractivity contribution in [3.8, 4) is 0 Å². The van der Waals surface area contributed by atoms with Gasteiger partial charge < -0.3 is 10.4 Å². The second-order valence-electron chi connectivity index (χ2n) is 5.75. The van der Waals surface area contributed by atoms with E-state index in [9.17, 15) is 14.0 Å². The first-order valence-electron chi connectivity index (χ1n) is 7.45. The van der Waals surface area contributed by atoms with Crippen LogP contribution in [-0.2, 0) is 9.59 Å². The molecule has 22 heavy (non-hydrogen) atoms. The monoisotopic (exact) mass is 308 g/mol. The Balaban J connectivity index is 1.84. The van der Waals surface area contributed by atoms with Gasteiger partial charge in [0.2, 0.25) is 5.91 Å². The van der Waals surface area contributed by atoms with Crippen molar-refractivity contribution < 1.29 is 19.1 Å². The average Bonchev–Trinajstić information content (AvgIpc) is 2.47. The number of rotatable bonds is 5. The van der Waals surface area contributed by atoms with Gasteiger partial charge in [0.15, 0.2) is 0 Å². The minimum absolute atomic E-state index is 0.150. The normalized spacial score (nSPS) is 20.4. The van der Waals surface area contributed by atoms with Crippen molar-refractivity contribution in [1.82, 2.24) is 10.2 Å². The molecule has 1 amide bonds. The van der Waals surface area contributed by atoms with Gasteiger partial charge in [-0.2, -0.15) is 0 Å². The molecule has 1 fully saturated rings. The molecular formula is C16H21FN2O3. The van der Waals surface area contributed by atoms with Crippen LogP contribution in [0.4, 0.5) is 4.39 Å². The molecule has 0 radical (unpaired) electrons. The van der Waals surface area contributed by atoms with Gasteiger partial charge in [-0.25, -0.2) is 4.39 Å². The molecule has 0 bridgehead atoms. The van der Waals surface area contributed by atoms with Crippen LogP contribution in [0.5, 0.6) is 0 Å². The molecule has 5 nitrogen and oxygen atoms in total. The van der Waals surface area contributed by atoms with Crippen LogP contribution < -0.4 is 5.32 Å². The predicted octanol–water partition coefficient (Wildman–Crippen LogP) is 1.80. The highest BCUT2D eigenvalue weighted by atomic mass is 19.1. The molecule has 2 atom stereocenters. The Morgan fingerprint density at radius 1 is 1.41 bits per heavy atom. The van der Waals surface area contributed by atoms with Crippen LogP contribution in [0.25, 0.3) is 0 Å². The number of nitrogens with zero attached hydrogens (tertiary/aromatic N) is 1. The summed E-state index contributed by atoms with van der Waals surface area (Å²) in [4.78, 5) is 25.0. The number of amides is 1. The molecule has 120 valence electrons. The van der Waals surface area contributed by atoms with Gasteiger partial charge in [-0.15, -0.1) is 0 Å². The van der Waals surface area contributed by atoms with Gasteiger partial charge >= 0.3 is 5.97 Å². The third kappa shape index (κ3) is 4.53. The molecule has 1 aromatic carbocycles. The zero-order valence-corrected chi connectivity index (χ0v) is 12.6. The molecule has 1 saturated heterocycles. The van der Waals surface area contributed by atoms with Gasteiger partial charge in [0.25, 0.3) is 0 Å².